The Kier molecular flexibility index (Phi) is 5.25. The van der Waals surface area contributed by atoms with Crippen LogP contribution in [0, 0.1) is 6.92 Å². The molecule has 4 rings (SSSR count). The summed E-state index contributed by atoms with van der Waals surface area (Å²) in [7, 11) is 0. The number of carbonyl (C=O) groups excluding carboxylic acids is 1. The van der Waals surface area contributed by atoms with Gasteiger partial charge in [0.2, 0.25) is 11.9 Å². The van der Waals surface area contributed by atoms with Gasteiger partial charge in [-0.2, -0.15) is 15.1 Å². The fourth-order valence-electron chi connectivity index (χ4n) is 2.56. The maximum atomic E-state index is 11.5. The van der Waals surface area contributed by atoms with Gasteiger partial charge in [-0.25, -0.2) is 4.98 Å². The van der Waals surface area contributed by atoms with E-state index in [-0.39, 0.29) is 5.91 Å². The molecule has 1 aliphatic carbocycles. The highest BCUT2D eigenvalue weighted by atomic mass is 32.2. The van der Waals surface area contributed by atoms with E-state index in [1.54, 1.807) is 0 Å². The van der Waals surface area contributed by atoms with Crippen LogP contribution in [0.25, 0.3) is 0 Å². The van der Waals surface area contributed by atoms with Crippen LogP contribution in [-0.4, -0.2) is 31.1 Å². The number of nitrogens with one attached hydrogen (secondary N) is 3. The molecule has 3 N–H and O–H groups in total. The second-order valence-corrected chi connectivity index (χ2v) is 7.70. The van der Waals surface area contributed by atoms with Crippen molar-refractivity contribution in [3.8, 4) is 0 Å². The van der Waals surface area contributed by atoms with Gasteiger partial charge in [0.15, 0.2) is 11.0 Å². The quantitative estimate of drug-likeness (QED) is 0.554. The molecule has 0 radical (unpaired) electrons. The van der Waals surface area contributed by atoms with Crippen molar-refractivity contribution >= 4 is 35.1 Å². The number of anilines is 3. The number of amides is 1. The third-order valence-corrected chi connectivity index (χ3v) is 5.06. The summed E-state index contributed by atoms with van der Waals surface area (Å²) in [6.45, 7) is 3.77. The van der Waals surface area contributed by atoms with Gasteiger partial charge < -0.3 is 10.6 Å². The van der Waals surface area contributed by atoms with Gasteiger partial charge in [0, 0.05) is 34.7 Å². The van der Waals surface area contributed by atoms with Gasteiger partial charge in [-0.1, -0.05) is 6.92 Å². The Bertz CT molecular complexity index is 982. The number of rotatable bonds is 7. The normalized spacial score (nSPS) is 13.4. The van der Waals surface area contributed by atoms with E-state index in [0.717, 1.165) is 34.9 Å². The molecule has 8 nitrogen and oxygen atoms in total. The number of carbonyl (C=O) groups is 1. The molecule has 0 spiro atoms. The smallest absolute Gasteiger partial charge is 0.232 e. The van der Waals surface area contributed by atoms with E-state index in [0.29, 0.717) is 29.3 Å². The lowest BCUT2D eigenvalue weighted by molar-refractivity contribution is -0.115. The molecule has 3 aromatic rings. The Labute approximate surface area is 167 Å². The van der Waals surface area contributed by atoms with Gasteiger partial charge in [-0.05, 0) is 55.8 Å². The number of nitrogens with zero attached hydrogens (tertiary/aromatic N) is 4. The third-order valence-electron chi connectivity index (χ3n) is 4.19. The SMILES string of the molecule is CCC(=O)Nc1ccc(Sc2nc(Nc3cc(C)[nH]n3)nc(C3CC3)n2)cc1. The summed E-state index contributed by atoms with van der Waals surface area (Å²) in [5, 5.41) is 13.7. The summed E-state index contributed by atoms with van der Waals surface area (Å²) in [6, 6.07) is 9.55. The number of aromatic amines is 1. The summed E-state index contributed by atoms with van der Waals surface area (Å²) in [5.41, 5.74) is 1.74. The summed E-state index contributed by atoms with van der Waals surface area (Å²) in [4.78, 5) is 26.2. The Morgan fingerprint density at radius 1 is 1.21 bits per heavy atom. The predicted molar refractivity (Wildman–Crippen MR) is 108 cm³/mol. The average Bonchev–Trinajstić information content (AvgIpc) is 3.46. The van der Waals surface area contributed by atoms with Crippen molar-refractivity contribution in [2.24, 2.45) is 0 Å². The molecule has 144 valence electrons. The van der Waals surface area contributed by atoms with Crippen LogP contribution in [0.4, 0.5) is 17.5 Å². The van der Waals surface area contributed by atoms with Gasteiger partial charge in [0.1, 0.15) is 5.82 Å². The Hall–Kier alpha value is -2.94. The van der Waals surface area contributed by atoms with Crippen LogP contribution >= 0.6 is 11.8 Å². The minimum absolute atomic E-state index is 0.00346. The minimum atomic E-state index is -0.00346. The average molecular weight is 395 g/mol. The molecule has 1 saturated carbocycles. The van der Waals surface area contributed by atoms with E-state index in [1.165, 1.54) is 11.8 Å². The van der Waals surface area contributed by atoms with Crippen LogP contribution in [0.5, 0.6) is 0 Å². The first-order valence-electron chi connectivity index (χ1n) is 9.22. The fraction of sp³-hybridized carbons (Fsp3) is 0.316. The number of aromatic nitrogens is 5. The zero-order chi connectivity index (χ0) is 19.5. The van der Waals surface area contributed by atoms with Crippen molar-refractivity contribution in [2.45, 2.75) is 49.1 Å². The number of hydrogen-bond donors (Lipinski definition) is 3. The molecule has 1 aliphatic rings. The lowest BCUT2D eigenvalue weighted by Gasteiger charge is -2.08. The summed E-state index contributed by atoms with van der Waals surface area (Å²) >= 11 is 1.47. The molecule has 0 atom stereocenters. The molecule has 0 saturated heterocycles. The van der Waals surface area contributed by atoms with E-state index in [4.69, 9.17) is 0 Å². The molecule has 28 heavy (non-hydrogen) atoms. The van der Waals surface area contributed by atoms with Crippen LogP contribution in [-0.2, 0) is 4.79 Å². The second kappa shape index (κ2) is 7.97. The predicted octanol–water partition coefficient (Wildman–Crippen LogP) is 4.02. The largest absolute Gasteiger partial charge is 0.326 e. The first-order chi connectivity index (χ1) is 13.6. The second-order valence-electron chi connectivity index (χ2n) is 6.66. The van der Waals surface area contributed by atoms with E-state index in [2.05, 4.69) is 35.8 Å². The zero-order valence-electron chi connectivity index (χ0n) is 15.7. The molecule has 0 bridgehead atoms. The maximum absolute atomic E-state index is 11.5. The molecular formula is C19H21N7OS. The molecule has 2 heterocycles. The lowest BCUT2D eigenvalue weighted by atomic mass is 10.3. The lowest BCUT2D eigenvalue weighted by Crippen LogP contribution is -2.09. The highest BCUT2D eigenvalue weighted by Crippen LogP contribution is 2.39. The summed E-state index contributed by atoms with van der Waals surface area (Å²) in [5.74, 6) is 2.40. The van der Waals surface area contributed by atoms with Gasteiger partial charge in [-0.3, -0.25) is 9.89 Å². The van der Waals surface area contributed by atoms with Crippen molar-refractivity contribution in [1.82, 2.24) is 25.1 Å². The number of hydrogen-bond acceptors (Lipinski definition) is 7. The van der Waals surface area contributed by atoms with Crippen molar-refractivity contribution in [1.29, 1.82) is 0 Å². The number of H-pyrrole nitrogens is 1. The van der Waals surface area contributed by atoms with Gasteiger partial charge in [0.25, 0.3) is 0 Å². The molecule has 9 heteroatoms. The molecule has 1 amide bonds. The van der Waals surface area contributed by atoms with E-state index >= 15 is 0 Å². The van der Waals surface area contributed by atoms with Crippen LogP contribution in [0.15, 0.2) is 40.4 Å². The van der Waals surface area contributed by atoms with E-state index in [1.807, 2.05) is 44.2 Å². The molecular weight excluding hydrogens is 374 g/mol. The summed E-state index contributed by atoms with van der Waals surface area (Å²) in [6.07, 6.45) is 2.68. The number of aryl methyl sites for hydroxylation is 1. The summed E-state index contributed by atoms with van der Waals surface area (Å²) < 4.78 is 0. The van der Waals surface area contributed by atoms with E-state index < -0.39 is 0 Å². The zero-order valence-corrected chi connectivity index (χ0v) is 16.5. The van der Waals surface area contributed by atoms with Crippen LogP contribution in [0.1, 0.15) is 43.6 Å². The minimum Gasteiger partial charge on any atom is -0.326 e. The Morgan fingerprint density at radius 3 is 2.64 bits per heavy atom. The van der Waals surface area contributed by atoms with Gasteiger partial charge >= 0.3 is 0 Å². The van der Waals surface area contributed by atoms with Crippen LogP contribution in [0.3, 0.4) is 0 Å². The van der Waals surface area contributed by atoms with Gasteiger partial charge in [-0.15, -0.1) is 0 Å². The van der Waals surface area contributed by atoms with Crippen molar-refractivity contribution in [3.63, 3.8) is 0 Å². The van der Waals surface area contributed by atoms with Gasteiger partial charge in [0.05, 0.1) is 0 Å². The Morgan fingerprint density at radius 2 is 2.00 bits per heavy atom. The standard InChI is InChI=1S/C19H21N7OS/c1-3-16(27)20-13-6-8-14(9-7-13)28-19-23-17(12-4-5-12)22-18(24-19)21-15-10-11(2)25-26-15/h6-10,12H,3-5H2,1-2H3,(H,20,27)(H2,21,22,23,24,25,26). The van der Waals surface area contributed by atoms with Crippen LogP contribution < -0.4 is 10.6 Å². The molecule has 1 fully saturated rings. The van der Waals surface area contributed by atoms with E-state index in [9.17, 15) is 4.79 Å². The van der Waals surface area contributed by atoms with Crippen molar-refractivity contribution in [2.75, 3.05) is 10.6 Å². The van der Waals surface area contributed by atoms with Crippen molar-refractivity contribution in [3.05, 3.63) is 41.9 Å². The molecule has 2 aromatic heterocycles. The monoisotopic (exact) mass is 395 g/mol. The van der Waals surface area contributed by atoms with Crippen LogP contribution in [0.2, 0.25) is 0 Å². The highest BCUT2D eigenvalue weighted by Gasteiger charge is 2.28. The number of benzene rings is 1. The highest BCUT2D eigenvalue weighted by molar-refractivity contribution is 7.99. The fourth-order valence-corrected chi connectivity index (χ4v) is 3.31. The maximum Gasteiger partial charge on any atom is 0.232 e. The topological polar surface area (TPSA) is 108 Å². The molecule has 0 aliphatic heterocycles. The third kappa shape index (κ3) is 4.66. The van der Waals surface area contributed by atoms with Crippen molar-refractivity contribution < 1.29 is 4.79 Å². The first kappa shape index (κ1) is 18.4. The molecule has 1 aromatic carbocycles. The molecule has 0 unspecified atom stereocenters. The Balaban J connectivity index is 1.52. The first-order valence-corrected chi connectivity index (χ1v) is 10.0.